The molecule has 0 unspecified atom stereocenters. The fourth-order valence-corrected chi connectivity index (χ4v) is 1.34. The summed E-state index contributed by atoms with van der Waals surface area (Å²) in [4.78, 5) is 0. The molecule has 0 saturated heterocycles. The normalized spacial score (nSPS) is 9.69. The Morgan fingerprint density at radius 2 is 1.94 bits per heavy atom. The third-order valence-corrected chi connectivity index (χ3v) is 2.19. The van der Waals surface area contributed by atoms with Gasteiger partial charge in [0.2, 0.25) is 0 Å². The predicted octanol–water partition coefficient (Wildman–Crippen LogP) is 2.92. The Morgan fingerprint density at radius 1 is 1.12 bits per heavy atom. The Labute approximate surface area is 93.9 Å². The summed E-state index contributed by atoms with van der Waals surface area (Å²) in [5.41, 5.74) is 2.00. The standard InChI is InChI=1S/C13H11NO2/c14-7-5-11-1-3-13(4-2-11)16-10-12-6-8-15-9-12/h1-4,6,8-9H,5,10H2. The molecule has 0 aliphatic rings. The average molecular weight is 213 g/mol. The molecule has 2 aromatic rings. The van der Waals surface area contributed by atoms with Gasteiger partial charge in [0.15, 0.2) is 0 Å². The minimum atomic E-state index is 0.433. The average Bonchev–Trinajstić information content (AvgIpc) is 2.82. The van der Waals surface area contributed by atoms with Crippen molar-refractivity contribution in [3.8, 4) is 11.8 Å². The molecule has 1 aromatic heterocycles. The van der Waals surface area contributed by atoms with Crippen LogP contribution in [0.2, 0.25) is 0 Å². The molecule has 0 spiro atoms. The summed E-state index contributed by atoms with van der Waals surface area (Å²) in [7, 11) is 0. The lowest BCUT2D eigenvalue weighted by Crippen LogP contribution is -1.93. The number of hydrogen-bond donors (Lipinski definition) is 0. The van der Waals surface area contributed by atoms with Gasteiger partial charge < -0.3 is 9.15 Å². The van der Waals surface area contributed by atoms with Crippen LogP contribution < -0.4 is 4.74 Å². The van der Waals surface area contributed by atoms with Crippen LogP contribution in [0.1, 0.15) is 11.1 Å². The van der Waals surface area contributed by atoms with Crippen molar-refractivity contribution in [2.75, 3.05) is 0 Å². The van der Waals surface area contributed by atoms with Gasteiger partial charge in [0.25, 0.3) is 0 Å². The molecule has 2 rings (SSSR count). The van der Waals surface area contributed by atoms with Gasteiger partial charge >= 0.3 is 0 Å². The number of ether oxygens (including phenoxy) is 1. The van der Waals surface area contributed by atoms with Crippen molar-refractivity contribution >= 4 is 0 Å². The molecule has 0 fully saturated rings. The molecule has 1 aromatic carbocycles. The summed E-state index contributed by atoms with van der Waals surface area (Å²) in [5.74, 6) is 0.794. The van der Waals surface area contributed by atoms with Crippen LogP contribution in [0, 0.1) is 11.3 Å². The topological polar surface area (TPSA) is 46.2 Å². The maximum atomic E-state index is 8.53. The lowest BCUT2D eigenvalue weighted by molar-refractivity contribution is 0.304. The highest BCUT2D eigenvalue weighted by atomic mass is 16.5. The zero-order valence-electron chi connectivity index (χ0n) is 8.72. The minimum absolute atomic E-state index is 0.433. The second-order valence-electron chi connectivity index (χ2n) is 3.40. The Bertz CT molecular complexity index is 466. The smallest absolute Gasteiger partial charge is 0.119 e. The Morgan fingerprint density at radius 3 is 2.56 bits per heavy atom. The van der Waals surface area contributed by atoms with E-state index in [0.29, 0.717) is 13.0 Å². The van der Waals surface area contributed by atoms with E-state index in [1.165, 1.54) is 0 Å². The number of hydrogen-bond acceptors (Lipinski definition) is 3. The van der Waals surface area contributed by atoms with E-state index in [0.717, 1.165) is 16.9 Å². The van der Waals surface area contributed by atoms with Crippen LogP contribution in [0.3, 0.4) is 0 Å². The van der Waals surface area contributed by atoms with Crippen molar-refractivity contribution in [3.05, 3.63) is 54.0 Å². The van der Waals surface area contributed by atoms with E-state index >= 15 is 0 Å². The molecule has 0 aliphatic heterocycles. The molecule has 0 N–H and O–H groups in total. The van der Waals surface area contributed by atoms with Gasteiger partial charge in [-0.1, -0.05) is 12.1 Å². The maximum absolute atomic E-state index is 8.53. The van der Waals surface area contributed by atoms with Crippen LogP contribution >= 0.6 is 0 Å². The summed E-state index contributed by atoms with van der Waals surface area (Å²) in [6.45, 7) is 0.494. The van der Waals surface area contributed by atoms with Crippen molar-refractivity contribution in [3.63, 3.8) is 0 Å². The van der Waals surface area contributed by atoms with Crippen molar-refractivity contribution in [2.45, 2.75) is 13.0 Å². The van der Waals surface area contributed by atoms with Crippen LogP contribution in [0.25, 0.3) is 0 Å². The highest BCUT2D eigenvalue weighted by molar-refractivity contribution is 5.28. The summed E-state index contributed by atoms with van der Waals surface area (Å²) in [5, 5.41) is 8.53. The molecule has 16 heavy (non-hydrogen) atoms. The van der Waals surface area contributed by atoms with E-state index in [4.69, 9.17) is 14.4 Å². The molecule has 1 heterocycles. The molecule has 0 atom stereocenters. The fourth-order valence-electron chi connectivity index (χ4n) is 1.34. The van der Waals surface area contributed by atoms with Crippen LogP contribution in [0.15, 0.2) is 47.3 Å². The second kappa shape index (κ2) is 5.04. The first kappa shape index (κ1) is 10.3. The predicted molar refractivity (Wildman–Crippen MR) is 58.8 cm³/mol. The first-order valence-corrected chi connectivity index (χ1v) is 4.98. The number of benzene rings is 1. The monoisotopic (exact) mass is 213 g/mol. The Hall–Kier alpha value is -2.21. The number of nitriles is 1. The summed E-state index contributed by atoms with van der Waals surface area (Å²) in [6, 6.07) is 11.5. The zero-order valence-corrected chi connectivity index (χ0v) is 8.72. The number of furan rings is 1. The van der Waals surface area contributed by atoms with Gasteiger partial charge in [-0.25, -0.2) is 0 Å². The van der Waals surface area contributed by atoms with Gasteiger partial charge in [0.1, 0.15) is 12.4 Å². The third kappa shape index (κ3) is 2.64. The third-order valence-electron chi connectivity index (χ3n) is 2.19. The molecule has 0 amide bonds. The van der Waals surface area contributed by atoms with Crippen LogP contribution in [-0.2, 0) is 13.0 Å². The highest BCUT2D eigenvalue weighted by Gasteiger charge is 1.97. The Balaban J connectivity index is 1.93. The molecule has 0 saturated carbocycles. The van der Waals surface area contributed by atoms with Crippen LogP contribution in [0.4, 0.5) is 0 Å². The van der Waals surface area contributed by atoms with Crippen LogP contribution in [0.5, 0.6) is 5.75 Å². The van der Waals surface area contributed by atoms with Gasteiger partial charge in [-0.15, -0.1) is 0 Å². The fraction of sp³-hybridized carbons (Fsp3) is 0.154. The van der Waals surface area contributed by atoms with E-state index in [1.54, 1.807) is 12.5 Å². The lowest BCUT2D eigenvalue weighted by Gasteiger charge is -2.04. The van der Waals surface area contributed by atoms with Crippen molar-refractivity contribution in [1.29, 1.82) is 5.26 Å². The molecule has 0 radical (unpaired) electrons. The molecule has 0 bridgehead atoms. The highest BCUT2D eigenvalue weighted by Crippen LogP contribution is 2.14. The molecule has 0 aliphatic carbocycles. The van der Waals surface area contributed by atoms with E-state index in [1.807, 2.05) is 30.3 Å². The number of nitrogens with zero attached hydrogens (tertiary/aromatic N) is 1. The molecular weight excluding hydrogens is 202 g/mol. The van der Waals surface area contributed by atoms with Crippen LogP contribution in [-0.4, -0.2) is 0 Å². The first-order valence-electron chi connectivity index (χ1n) is 4.98. The summed E-state index contributed by atoms with van der Waals surface area (Å²) < 4.78 is 10.5. The largest absolute Gasteiger partial charge is 0.489 e. The van der Waals surface area contributed by atoms with Gasteiger partial charge in [0.05, 0.1) is 25.0 Å². The van der Waals surface area contributed by atoms with Crippen molar-refractivity contribution in [1.82, 2.24) is 0 Å². The lowest BCUT2D eigenvalue weighted by atomic mass is 10.2. The van der Waals surface area contributed by atoms with Crippen molar-refractivity contribution < 1.29 is 9.15 Å². The Kier molecular flexibility index (Phi) is 3.25. The van der Waals surface area contributed by atoms with E-state index in [2.05, 4.69) is 6.07 Å². The van der Waals surface area contributed by atoms with Gasteiger partial charge in [-0.2, -0.15) is 5.26 Å². The summed E-state index contributed by atoms with van der Waals surface area (Å²) >= 11 is 0. The molecule has 3 heteroatoms. The van der Waals surface area contributed by atoms with Gasteiger partial charge in [0, 0.05) is 5.56 Å². The van der Waals surface area contributed by atoms with E-state index in [-0.39, 0.29) is 0 Å². The number of rotatable bonds is 4. The molecule has 80 valence electrons. The van der Waals surface area contributed by atoms with E-state index < -0.39 is 0 Å². The molecule has 3 nitrogen and oxygen atoms in total. The quantitative estimate of drug-likeness (QED) is 0.784. The minimum Gasteiger partial charge on any atom is -0.489 e. The SMILES string of the molecule is N#CCc1ccc(OCc2ccoc2)cc1. The first-order chi connectivity index (χ1) is 7.88. The van der Waals surface area contributed by atoms with Crippen molar-refractivity contribution in [2.24, 2.45) is 0 Å². The van der Waals surface area contributed by atoms with E-state index in [9.17, 15) is 0 Å². The van der Waals surface area contributed by atoms with Gasteiger partial charge in [-0.3, -0.25) is 0 Å². The molecular formula is C13H11NO2. The maximum Gasteiger partial charge on any atom is 0.119 e. The second-order valence-corrected chi connectivity index (χ2v) is 3.40. The van der Waals surface area contributed by atoms with Gasteiger partial charge in [-0.05, 0) is 23.8 Å². The summed E-state index contributed by atoms with van der Waals surface area (Å²) in [6.07, 6.45) is 3.71. The zero-order chi connectivity index (χ0) is 11.2.